The van der Waals surface area contributed by atoms with Gasteiger partial charge in [0, 0.05) is 0 Å². The third-order valence-electron chi connectivity index (χ3n) is 2.62. The third kappa shape index (κ3) is 2.14. The first-order valence-electron chi connectivity index (χ1n) is 5.12. The molecule has 0 spiro atoms. The smallest absolute Gasteiger partial charge is 0.0684 e. The van der Waals surface area contributed by atoms with Gasteiger partial charge in [0.25, 0.3) is 0 Å². The standard InChI is InChI=1S/C12H18O2/c1-3-9-5-12(8-14)10(4-2)6-11(9)7-13/h5-6,13-14H,3-4,7-8H2,1-2H3. The van der Waals surface area contributed by atoms with E-state index >= 15 is 0 Å². The van der Waals surface area contributed by atoms with Crippen molar-refractivity contribution in [1.29, 1.82) is 0 Å². The van der Waals surface area contributed by atoms with Crippen LogP contribution in [0.25, 0.3) is 0 Å². The highest BCUT2D eigenvalue weighted by molar-refractivity contribution is 5.38. The number of aryl methyl sites for hydroxylation is 2. The van der Waals surface area contributed by atoms with Crippen molar-refractivity contribution in [1.82, 2.24) is 0 Å². The Labute approximate surface area is 85.2 Å². The molecule has 0 saturated carbocycles. The molecule has 0 aliphatic heterocycles. The van der Waals surface area contributed by atoms with E-state index < -0.39 is 0 Å². The molecule has 0 heterocycles. The maximum atomic E-state index is 9.17. The molecular formula is C12H18O2. The second-order valence-electron chi connectivity index (χ2n) is 3.41. The summed E-state index contributed by atoms with van der Waals surface area (Å²) in [5.41, 5.74) is 4.24. The highest BCUT2D eigenvalue weighted by Crippen LogP contribution is 2.18. The van der Waals surface area contributed by atoms with Gasteiger partial charge in [-0.05, 0) is 35.1 Å². The van der Waals surface area contributed by atoms with Crippen molar-refractivity contribution in [3.05, 3.63) is 34.4 Å². The first-order chi connectivity index (χ1) is 6.76. The van der Waals surface area contributed by atoms with Crippen LogP contribution in [0.1, 0.15) is 36.1 Å². The molecule has 2 N–H and O–H groups in total. The van der Waals surface area contributed by atoms with Crippen LogP contribution in [-0.4, -0.2) is 10.2 Å². The highest BCUT2D eigenvalue weighted by Gasteiger charge is 2.06. The van der Waals surface area contributed by atoms with Gasteiger partial charge in [0.1, 0.15) is 0 Å². The molecule has 0 aliphatic carbocycles. The zero-order valence-electron chi connectivity index (χ0n) is 8.88. The third-order valence-corrected chi connectivity index (χ3v) is 2.62. The molecule has 0 fully saturated rings. The summed E-state index contributed by atoms with van der Waals surface area (Å²) in [6.45, 7) is 4.28. The second kappa shape index (κ2) is 5.13. The van der Waals surface area contributed by atoms with E-state index in [4.69, 9.17) is 0 Å². The molecule has 0 atom stereocenters. The van der Waals surface area contributed by atoms with Crippen molar-refractivity contribution in [3.8, 4) is 0 Å². The van der Waals surface area contributed by atoms with Crippen molar-refractivity contribution in [2.24, 2.45) is 0 Å². The zero-order chi connectivity index (χ0) is 10.6. The number of hydrogen-bond donors (Lipinski definition) is 2. The Kier molecular flexibility index (Phi) is 4.11. The van der Waals surface area contributed by atoms with Crippen molar-refractivity contribution in [2.45, 2.75) is 39.9 Å². The Morgan fingerprint density at radius 1 is 0.786 bits per heavy atom. The van der Waals surface area contributed by atoms with E-state index in [0.717, 1.165) is 35.1 Å². The Bertz CT molecular complexity index is 247. The summed E-state index contributed by atoms with van der Waals surface area (Å²) in [5, 5.41) is 18.3. The Hall–Kier alpha value is -0.860. The minimum absolute atomic E-state index is 0.0852. The second-order valence-corrected chi connectivity index (χ2v) is 3.41. The normalized spacial score (nSPS) is 10.6. The van der Waals surface area contributed by atoms with Gasteiger partial charge < -0.3 is 10.2 Å². The Morgan fingerprint density at radius 2 is 1.14 bits per heavy atom. The molecule has 0 saturated heterocycles. The summed E-state index contributed by atoms with van der Waals surface area (Å²) in [5.74, 6) is 0. The molecule has 2 nitrogen and oxygen atoms in total. The molecule has 0 aromatic heterocycles. The number of benzene rings is 1. The van der Waals surface area contributed by atoms with E-state index in [2.05, 4.69) is 13.8 Å². The van der Waals surface area contributed by atoms with Crippen LogP contribution in [0.4, 0.5) is 0 Å². The number of hydrogen-bond acceptors (Lipinski definition) is 2. The van der Waals surface area contributed by atoms with Gasteiger partial charge in [0.05, 0.1) is 13.2 Å². The van der Waals surface area contributed by atoms with E-state index in [0.29, 0.717) is 0 Å². The van der Waals surface area contributed by atoms with Crippen LogP contribution in [0.5, 0.6) is 0 Å². The Morgan fingerprint density at radius 3 is 1.36 bits per heavy atom. The van der Waals surface area contributed by atoms with E-state index in [-0.39, 0.29) is 13.2 Å². The van der Waals surface area contributed by atoms with Gasteiger partial charge in [-0.3, -0.25) is 0 Å². The van der Waals surface area contributed by atoms with Gasteiger partial charge in [-0.2, -0.15) is 0 Å². The maximum absolute atomic E-state index is 9.17. The fourth-order valence-corrected chi connectivity index (χ4v) is 1.74. The van der Waals surface area contributed by atoms with Crippen LogP contribution in [0.15, 0.2) is 12.1 Å². The van der Waals surface area contributed by atoms with E-state index in [1.807, 2.05) is 12.1 Å². The highest BCUT2D eigenvalue weighted by atomic mass is 16.3. The molecule has 0 amide bonds. The van der Waals surface area contributed by atoms with Crippen molar-refractivity contribution in [2.75, 3.05) is 0 Å². The topological polar surface area (TPSA) is 40.5 Å². The first-order valence-corrected chi connectivity index (χ1v) is 5.12. The summed E-state index contributed by atoms with van der Waals surface area (Å²) in [4.78, 5) is 0. The molecule has 14 heavy (non-hydrogen) atoms. The molecule has 78 valence electrons. The van der Waals surface area contributed by atoms with Gasteiger partial charge in [-0.1, -0.05) is 26.0 Å². The summed E-state index contributed by atoms with van der Waals surface area (Å²) < 4.78 is 0. The van der Waals surface area contributed by atoms with Gasteiger partial charge in [-0.15, -0.1) is 0 Å². The SMILES string of the molecule is CCc1cc(CO)c(CC)cc1CO. The van der Waals surface area contributed by atoms with Crippen LogP contribution in [0.2, 0.25) is 0 Å². The molecule has 1 aromatic carbocycles. The van der Waals surface area contributed by atoms with Crippen molar-refractivity contribution in [3.63, 3.8) is 0 Å². The first kappa shape index (κ1) is 11.2. The largest absolute Gasteiger partial charge is 0.392 e. The van der Waals surface area contributed by atoms with Gasteiger partial charge in [-0.25, -0.2) is 0 Å². The quantitative estimate of drug-likeness (QED) is 0.767. The average Bonchev–Trinajstić information content (AvgIpc) is 2.26. The van der Waals surface area contributed by atoms with Crippen LogP contribution in [0, 0.1) is 0 Å². The lowest BCUT2D eigenvalue weighted by atomic mass is 9.96. The zero-order valence-corrected chi connectivity index (χ0v) is 8.88. The fourth-order valence-electron chi connectivity index (χ4n) is 1.74. The summed E-state index contributed by atoms with van der Waals surface area (Å²) in [6, 6.07) is 4.01. The monoisotopic (exact) mass is 194 g/mol. The van der Waals surface area contributed by atoms with Crippen molar-refractivity contribution < 1.29 is 10.2 Å². The van der Waals surface area contributed by atoms with Gasteiger partial charge in [0.15, 0.2) is 0 Å². The van der Waals surface area contributed by atoms with Crippen LogP contribution in [-0.2, 0) is 26.1 Å². The van der Waals surface area contributed by atoms with E-state index in [9.17, 15) is 10.2 Å². The number of rotatable bonds is 4. The van der Waals surface area contributed by atoms with Crippen LogP contribution >= 0.6 is 0 Å². The minimum Gasteiger partial charge on any atom is -0.392 e. The maximum Gasteiger partial charge on any atom is 0.0684 e. The van der Waals surface area contributed by atoms with Gasteiger partial charge >= 0.3 is 0 Å². The molecular weight excluding hydrogens is 176 g/mol. The minimum atomic E-state index is 0.0852. The Balaban J connectivity index is 3.20. The number of aliphatic hydroxyl groups is 2. The fraction of sp³-hybridized carbons (Fsp3) is 0.500. The lowest BCUT2D eigenvalue weighted by Gasteiger charge is -2.12. The molecule has 0 radical (unpaired) electrons. The molecule has 0 unspecified atom stereocenters. The van der Waals surface area contributed by atoms with Gasteiger partial charge in [0.2, 0.25) is 0 Å². The molecule has 2 heteroatoms. The lowest BCUT2D eigenvalue weighted by molar-refractivity contribution is 0.276. The summed E-state index contributed by atoms with van der Waals surface area (Å²) >= 11 is 0. The van der Waals surface area contributed by atoms with Crippen LogP contribution < -0.4 is 0 Å². The number of aliphatic hydroxyl groups excluding tert-OH is 2. The molecule has 0 bridgehead atoms. The lowest BCUT2D eigenvalue weighted by Crippen LogP contribution is -2.00. The predicted molar refractivity (Wildman–Crippen MR) is 57.0 cm³/mol. The summed E-state index contributed by atoms with van der Waals surface area (Å²) in [7, 11) is 0. The van der Waals surface area contributed by atoms with Crippen molar-refractivity contribution >= 4 is 0 Å². The molecule has 0 aliphatic rings. The predicted octanol–water partition coefficient (Wildman–Crippen LogP) is 1.80. The van der Waals surface area contributed by atoms with E-state index in [1.54, 1.807) is 0 Å². The summed E-state index contributed by atoms with van der Waals surface area (Å²) in [6.07, 6.45) is 1.79. The molecule has 1 rings (SSSR count). The molecule has 1 aromatic rings. The average molecular weight is 194 g/mol. The van der Waals surface area contributed by atoms with Crippen LogP contribution in [0.3, 0.4) is 0 Å². The van der Waals surface area contributed by atoms with E-state index in [1.165, 1.54) is 0 Å².